The first-order valence-electron chi connectivity index (χ1n) is 7.57. The predicted octanol–water partition coefficient (Wildman–Crippen LogP) is 0.998. The first-order valence-corrected chi connectivity index (χ1v) is 7.57. The van der Waals surface area contributed by atoms with Crippen LogP contribution in [0.2, 0.25) is 0 Å². The zero-order valence-electron chi connectivity index (χ0n) is 11.3. The molecule has 5 rings (SSSR count). The second-order valence-electron chi connectivity index (χ2n) is 6.97. The molecule has 0 unspecified atom stereocenters. The molecule has 4 aliphatic carbocycles. The minimum Gasteiger partial charge on any atom is -0.330 e. The third-order valence-electron chi connectivity index (χ3n) is 5.50. The fourth-order valence-electron chi connectivity index (χ4n) is 5.26. The average molecular weight is 262 g/mol. The number of nitrogens with one attached hydrogen (secondary N) is 1. The smallest absolute Gasteiger partial charge is 0.330 e. The molecule has 4 bridgehead atoms. The summed E-state index contributed by atoms with van der Waals surface area (Å²) < 4.78 is 1.79. The molecule has 5 nitrogen and oxygen atoms in total. The van der Waals surface area contributed by atoms with Gasteiger partial charge in [0.25, 0.3) is 0 Å². The van der Waals surface area contributed by atoms with Crippen molar-refractivity contribution in [2.75, 3.05) is 6.54 Å². The van der Waals surface area contributed by atoms with Crippen LogP contribution in [0, 0.1) is 17.8 Å². The lowest BCUT2D eigenvalue weighted by molar-refractivity contribution is -0.0514. The van der Waals surface area contributed by atoms with E-state index in [0.717, 1.165) is 42.8 Å². The number of hydrogen-bond donors (Lipinski definition) is 2. The summed E-state index contributed by atoms with van der Waals surface area (Å²) in [5, 5.41) is 4.56. The molecule has 1 aromatic rings. The molecule has 0 saturated heterocycles. The molecular formula is C14H22N4O. The summed E-state index contributed by atoms with van der Waals surface area (Å²) in [6.07, 6.45) is 8.29. The Hall–Kier alpha value is -1.10. The van der Waals surface area contributed by atoms with E-state index in [1.807, 2.05) is 0 Å². The zero-order valence-corrected chi connectivity index (χ0v) is 11.3. The minimum atomic E-state index is -0.0228. The van der Waals surface area contributed by atoms with Gasteiger partial charge in [-0.15, -0.1) is 0 Å². The van der Waals surface area contributed by atoms with E-state index in [9.17, 15) is 4.79 Å². The van der Waals surface area contributed by atoms with Gasteiger partial charge in [-0.2, -0.15) is 5.10 Å². The van der Waals surface area contributed by atoms with Gasteiger partial charge < -0.3 is 5.73 Å². The van der Waals surface area contributed by atoms with E-state index in [0.29, 0.717) is 13.0 Å². The van der Waals surface area contributed by atoms with Crippen molar-refractivity contribution in [2.24, 2.45) is 23.5 Å². The Bertz CT molecular complexity index is 509. The van der Waals surface area contributed by atoms with Gasteiger partial charge in [-0.1, -0.05) is 0 Å². The standard InChI is InChI=1S/C14H22N4O/c15-2-1-12-16-13(19)18(17-12)14-6-9-3-10(7-14)5-11(4-9)8-14/h9-11H,1-8,15H2,(H,16,17,19). The monoisotopic (exact) mass is 262 g/mol. The predicted molar refractivity (Wildman–Crippen MR) is 71.8 cm³/mol. The molecule has 0 atom stereocenters. The quantitative estimate of drug-likeness (QED) is 0.853. The fourth-order valence-corrected chi connectivity index (χ4v) is 5.26. The van der Waals surface area contributed by atoms with Crippen molar-refractivity contribution >= 4 is 0 Å². The van der Waals surface area contributed by atoms with Crippen molar-refractivity contribution in [3.05, 3.63) is 16.3 Å². The average Bonchev–Trinajstić information content (AvgIpc) is 2.70. The number of nitrogens with zero attached hydrogens (tertiary/aromatic N) is 2. The largest absolute Gasteiger partial charge is 0.343 e. The van der Waals surface area contributed by atoms with Crippen LogP contribution in [0.15, 0.2) is 4.79 Å². The van der Waals surface area contributed by atoms with Gasteiger partial charge in [0.1, 0.15) is 5.82 Å². The normalized spacial score (nSPS) is 39.9. The molecule has 0 aliphatic heterocycles. The van der Waals surface area contributed by atoms with E-state index in [1.54, 1.807) is 4.68 Å². The number of rotatable bonds is 3. The third-order valence-corrected chi connectivity index (χ3v) is 5.50. The maximum absolute atomic E-state index is 12.2. The molecule has 5 heteroatoms. The summed E-state index contributed by atoms with van der Waals surface area (Å²) in [5.41, 5.74) is 5.56. The molecule has 4 aliphatic rings. The third kappa shape index (κ3) is 1.71. The van der Waals surface area contributed by atoms with Crippen molar-refractivity contribution in [3.8, 4) is 0 Å². The lowest BCUT2D eigenvalue weighted by Crippen LogP contribution is -2.54. The highest BCUT2D eigenvalue weighted by Crippen LogP contribution is 2.58. The van der Waals surface area contributed by atoms with Crippen LogP contribution in [0.1, 0.15) is 44.3 Å². The summed E-state index contributed by atoms with van der Waals surface area (Å²) >= 11 is 0. The fraction of sp³-hybridized carbons (Fsp3) is 0.857. The van der Waals surface area contributed by atoms with Gasteiger partial charge in [-0.05, 0) is 62.8 Å². The number of nitrogens with two attached hydrogens (primary N) is 1. The van der Waals surface area contributed by atoms with Crippen molar-refractivity contribution < 1.29 is 0 Å². The molecule has 3 N–H and O–H groups in total. The van der Waals surface area contributed by atoms with Gasteiger partial charge in [-0.25, -0.2) is 9.48 Å². The van der Waals surface area contributed by atoms with Crippen LogP contribution in [-0.2, 0) is 12.0 Å². The molecule has 0 aromatic carbocycles. The van der Waals surface area contributed by atoms with Gasteiger partial charge >= 0.3 is 5.69 Å². The Morgan fingerprint density at radius 3 is 2.32 bits per heavy atom. The SMILES string of the molecule is NCCc1nn(C23CC4CC(CC(C4)C2)C3)c(=O)[nH]1. The van der Waals surface area contributed by atoms with Crippen LogP contribution in [0.3, 0.4) is 0 Å². The van der Waals surface area contributed by atoms with Crippen LogP contribution in [-0.4, -0.2) is 21.3 Å². The van der Waals surface area contributed by atoms with Crippen molar-refractivity contribution in [2.45, 2.75) is 50.5 Å². The first kappa shape index (κ1) is 11.7. The molecule has 104 valence electrons. The van der Waals surface area contributed by atoms with Crippen molar-refractivity contribution in [1.82, 2.24) is 14.8 Å². The van der Waals surface area contributed by atoms with E-state index in [-0.39, 0.29) is 11.2 Å². The highest BCUT2D eigenvalue weighted by molar-refractivity contribution is 5.05. The van der Waals surface area contributed by atoms with Gasteiger partial charge in [0, 0.05) is 6.42 Å². The Morgan fingerprint density at radius 1 is 1.21 bits per heavy atom. The highest BCUT2D eigenvalue weighted by atomic mass is 16.2. The van der Waals surface area contributed by atoms with Gasteiger partial charge in [0.05, 0.1) is 5.54 Å². The van der Waals surface area contributed by atoms with Gasteiger partial charge in [0.15, 0.2) is 0 Å². The maximum atomic E-state index is 12.2. The number of hydrogen-bond acceptors (Lipinski definition) is 3. The van der Waals surface area contributed by atoms with Gasteiger partial charge in [0.2, 0.25) is 0 Å². The number of aromatic amines is 1. The molecule has 0 spiro atoms. The molecular weight excluding hydrogens is 240 g/mol. The Kier molecular flexibility index (Phi) is 2.43. The second kappa shape index (κ2) is 3.95. The lowest BCUT2D eigenvalue weighted by Gasteiger charge is -2.56. The molecule has 19 heavy (non-hydrogen) atoms. The number of aromatic nitrogens is 3. The first-order chi connectivity index (χ1) is 9.18. The minimum absolute atomic E-state index is 0.0228. The van der Waals surface area contributed by atoms with E-state index in [4.69, 9.17) is 5.73 Å². The maximum Gasteiger partial charge on any atom is 0.343 e. The van der Waals surface area contributed by atoms with E-state index < -0.39 is 0 Å². The molecule has 0 amide bonds. The van der Waals surface area contributed by atoms with Crippen LogP contribution < -0.4 is 11.4 Å². The molecule has 1 heterocycles. The second-order valence-corrected chi connectivity index (χ2v) is 6.97. The van der Waals surface area contributed by atoms with Crippen LogP contribution in [0.5, 0.6) is 0 Å². The Labute approximate surface area is 112 Å². The van der Waals surface area contributed by atoms with E-state index >= 15 is 0 Å². The van der Waals surface area contributed by atoms with Crippen molar-refractivity contribution in [1.29, 1.82) is 0 Å². The van der Waals surface area contributed by atoms with Crippen molar-refractivity contribution in [3.63, 3.8) is 0 Å². The molecule has 4 saturated carbocycles. The van der Waals surface area contributed by atoms with Crippen LogP contribution in [0.4, 0.5) is 0 Å². The van der Waals surface area contributed by atoms with Crippen LogP contribution >= 0.6 is 0 Å². The Balaban J connectivity index is 1.73. The topological polar surface area (TPSA) is 76.7 Å². The zero-order chi connectivity index (χ0) is 13.0. The molecule has 4 fully saturated rings. The summed E-state index contributed by atoms with van der Waals surface area (Å²) in [4.78, 5) is 15.1. The summed E-state index contributed by atoms with van der Waals surface area (Å²) in [6.45, 7) is 0.536. The van der Waals surface area contributed by atoms with E-state index in [2.05, 4.69) is 10.1 Å². The summed E-state index contributed by atoms with van der Waals surface area (Å²) in [7, 11) is 0. The molecule has 1 aromatic heterocycles. The summed E-state index contributed by atoms with van der Waals surface area (Å²) in [6, 6.07) is 0. The molecule has 0 radical (unpaired) electrons. The highest BCUT2D eigenvalue weighted by Gasteiger charge is 2.53. The van der Waals surface area contributed by atoms with Crippen LogP contribution in [0.25, 0.3) is 0 Å². The number of H-pyrrole nitrogens is 1. The Morgan fingerprint density at radius 2 is 1.79 bits per heavy atom. The van der Waals surface area contributed by atoms with Gasteiger partial charge in [-0.3, -0.25) is 4.98 Å². The van der Waals surface area contributed by atoms with E-state index in [1.165, 1.54) is 19.3 Å². The lowest BCUT2D eigenvalue weighted by atomic mass is 9.53. The summed E-state index contributed by atoms with van der Waals surface area (Å²) in [5.74, 6) is 3.23.